The molecule has 1 N–H and O–H groups in total. The number of sulfonamides is 1. The van der Waals surface area contributed by atoms with Gasteiger partial charge in [-0.1, -0.05) is 30.3 Å². The summed E-state index contributed by atoms with van der Waals surface area (Å²) in [6.45, 7) is 2.35. The average Bonchev–Trinajstić information content (AvgIpc) is 2.48. The van der Waals surface area contributed by atoms with Crippen molar-refractivity contribution in [2.45, 2.75) is 13.5 Å². The molecule has 2 rings (SSSR count). The van der Waals surface area contributed by atoms with Crippen LogP contribution in [0.25, 0.3) is 0 Å². The highest BCUT2D eigenvalue weighted by atomic mass is 32.2. The van der Waals surface area contributed by atoms with Gasteiger partial charge in [-0.2, -0.15) is 0 Å². The maximum Gasteiger partial charge on any atom is 0.233 e. The van der Waals surface area contributed by atoms with E-state index in [1.54, 1.807) is 19.2 Å². The van der Waals surface area contributed by atoms with Gasteiger partial charge in [-0.25, -0.2) is 13.4 Å². The van der Waals surface area contributed by atoms with Crippen LogP contribution >= 0.6 is 0 Å². The van der Waals surface area contributed by atoms with Gasteiger partial charge in [0.2, 0.25) is 10.0 Å². The number of rotatable bonds is 6. The van der Waals surface area contributed by atoms with Crippen molar-refractivity contribution >= 4 is 21.5 Å². The van der Waals surface area contributed by atoms with Crippen molar-refractivity contribution in [1.29, 1.82) is 0 Å². The molecular weight excluding hydrogens is 286 g/mol. The zero-order chi connectivity index (χ0) is 15.3. The predicted octanol–water partition coefficient (Wildman–Crippen LogP) is 2.48. The summed E-state index contributed by atoms with van der Waals surface area (Å²) >= 11 is 0. The maximum absolute atomic E-state index is 11.5. The Labute approximate surface area is 125 Å². The Morgan fingerprint density at radius 2 is 1.86 bits per heavy atom. The molecule has 0 saturated carbocycles. The van der Waals surface area contributed by atoms with Crippen LogP contribution in [0.5, 0.6) is 0 Å². The molecule has 0 aliphatic rings. The van der Waals surface area contributed by atoms with E-state index in [-0.39, 0.29) is 5.75 Å². The second kappa shape index (κ2) is 6.58. The molecular formula is C15H19N3O2S. The van der Waals surface area contributed by atoms with Crippen LogP contribution in [0.2, 0.25) is 0 Å². The van der Waals surface area contributed by atoms with Crippen molar-refractivity contribution in [3.05, 3.63) is 54.2 Å². The molecule has 1 aromatic carbocycles. The average molecular weight is 305 g/mol. The van der Waals surface area contributed by atoms with Crippen LogP contribution in [0.4, 0.5) is 11.5 Å². The Bertz CT molecular complexity index is 670. The number of aromatic nitrogens is 1. The predicted molar refractivity (Wildman–Crippen MR) is 85.9 cm³/mol. The second-order valence-electron chi connectivity index (χ2n) is 4.75. The number of hydrogen-bond donors (Lipinski definition) is 1. The van der Waals surface area contributed by atoms with E-state index in [0.29, 0.717) is 5.82 Å². The van der Waals surface area contributed by atoms with Crippen LogP contribution in [-0.4, -0.2) is 26.2 Å². The SMILES string of the molecule is CCS(=O)(=O)Nc1ccc(N(C)Cc2ccccc2)cn1. The zero-order valence-electron chi connectivity index (χ0n) is 12.2. The van der Waals surface area contributed by atoms with E-state index in [2.05, 4.69) is 26.7 Å². The van der Waals surface area contributed by atoms with Gasteiger partial charge in [0.1, 0.15) is 5.82 Å². The van der Waals surface area contributed by atoms with E-state index in [4.69, 9.17) is 0 Å². The highest BCUT2D eigenvalue weighted by molar-refractivity contribution is 7.92. The summed E-state index contributed by atoms with van der Waals surface area (Å²) in [5.74, 6) is 0.373. The summed E-state index contributed by atoms with van der Waals surface area (Å²) in [5, 5.41) is 0. The Hall–Kier alpha value is -2.08. The van der Waals surface area contributed by atoms with Crippen molar-refractivity contribution < 1.29 is 8.42 Å². The number of anilines is 2. The topological polar surface area (TPSA) is 62.3 Å². The molecule has 6 heteroatoms. The number of pyridine rings is 1. The third-order valence-corrected chi connectivity index (χ3v) is 4.37. The largest absolute Gasteiger partial charge is 0.369 e. The first-order chi connectivity index (χ1) is 10.00. The van der Waals surface area contributed by atoms with E-state index >= 15 is 0 Å². The lowest BCUT2D eigenvalue weighted by atomic mass is 10.2. The van der Waals surface area contributed by atoms with Gasteiger partial charge in [-0.15, -0.1) is 0 Å². The molecule has 1 aromatic heterocycles. The lowest BCUT2D eigenvalue weighted by Gasteiger charge is -2.19. The van der Waals surface area contributed by atoms with Crippen LogP contribution in [0.3, 0.4) is 0 Å². The summed E-state index contributed by atoms with van der Waals surface area (Å²) in [6.07, 6.45) is 1.66. The zero-order valence-corrected chi connectivity index (χ0v) is 13.0. The summed E-state index contributed by atoms with van der Waals surface area (Å²) in [4.78, 5) is 6.20. The van der Waals surface area contributed by atoms with Crippen LogP contribution in [-0.2, 0) is 16.6 Å². The Morgan fingerprint density at radius 3 is 2.43 bits per heavy atom. The van der Waals surface area contributed by atoms with Crippen LogP contribution in [0.15, 0.2) is 48.7 Å². The van der Waals surface area contributed by atoms with Crippen molar-refractivity contribution in [2.24, 2.45) is 0 Å². The molecule has 0 atom stereocenters. The number of nitrogens with zero attached hydrogens (tertiary/aromatic N) is 2. The molecule has 112 valence electrons. The van der Waals surface area contributed by atoms with Crippen LogP contribution in [0.1, 0.15) is 12.5 Å². The van der Waals surface area contributed by atoms with Crippen molar-refractivity contribution in [2.75, 3.05) is 22.4 Å². The van der Waals surface area contributed by atoms with E-state index < -0.39 is 10.0 Å². The van der Waals surface area contributed by atoms with Gasteiger partial charge in [0.25, 0.3) is 0 Å². The third-order valence-electron chi connectivity index (χ3n) is 3.09. The van der Waals surface area contributed by atoms with Crippen LogP contribution < -0.4 is 9.62 Å². The van der Waals surface area contributed by atoms with Gasteiger partial charge in [-0.05, 0) is 24.6 Å². The molecule has 0 amide bonds. The Balaban J connectivity index is 2.05. The maximum atomic E-state index is 11.5. The molecule has 5 nitrogen and oxygen atoms in total. The minimum atomic E-state index is -3.28. The first-order valence-electron chi connectivity index (χ1n) is 6.72. The Kier molecular flexibility index (Phi) is 4.80. The summed E-state index contributed by atoms with van der Waals surface area (Å²) in [6, 6.07) is 13.6. The van der Waals surface area contributed by atoms with Gasteiger partial charge in [0.05, 0.1) is 17.6 Å². The molecule has 0 aliphatic carbocycles. The van der Waals surface area contributed by atoms with Gasteiger partial charge in [0, 0.05) is 13.6 Å². The minimum absolute atomic E-state index is 0.0321. The molecule has 21 heavy (non-hydrogen) atoms. The van der Waals surface area contributed by atoms with Crippen molar-refractivity contribution in [3.63, 3.8) is 0 Å². The van der Waals surface area contributed by atoms with E-state index in [0.717, 1.165) is 12.2 Å². The first-order valence-corrected chi connectivity index (χ1v) is 8.37. The normalized spacial score (nSPS) is 11.1. The molecule has 0 saturated heterocycles. The number of benzene rings is 1. The fraction of sp³-hybridized carbons (Fsp3) is 0.267. The minimum Gasteiger partial charge on any atom is -0.369 e. The van der Waals surface area contributed by atoms with Gasteiger partial charge >= 0.3 is 0 Å². The van der Waals surface area contributed by atoms with Crippen molar-refractivity contribution in [3.8, 4) is 0 Å². The first kappa shape index (κ1) is 15.3. The molecule has 0 unspecified atom stereocenters. The van der Waals surface area contributed by atoms with Gasteiger partial charge in [0.15, 0.2) is 0 Å². The highest BCUT2D eigenvalue weighted by Crippen LogP contribution is 2.16. The number of hydrogen-bond acceptors (Lipinski definition) is 4. The smallest absolute Gasteiger partial charge is 0.233 e. The summed E-state index contributed by atoms with van der Waals surface area (Å²) in [5.41, 5.74) is 2.13. The lowest BCUT2D eigenvalue weighted by molar-refractivity contribution is 0.602. The second-order valence-corrected chi connectivity index (χ2v) is 6.76. The van der Waals surface area contributed by atoms with E-state index in [9.17, 15) is 8.42 Å². The third kappa shape index (κ3) is 4.46. The molecule has 0 fully saturated rings. The van der Waals surface area contributed by atoms with E-state index in [1.165, 1.54) is 5.56 Å². The molecule has 2 aromatic rings. The monoisotopic (exact) mass is 305 g/mol. The lowest BCUT2D eigenvalue weighted by Crippen LogP contribution is -2.18. The Morgan fingerprint density at radius 1 is 1.14 bits per heavy atom. The molecule has 0 bridgehead atoms. The molecule has 0 aliphatic heterocycles. The fourth-order valence-corrected chi connectivity index (χ4v) is 2.44. The fourth-order valence-electron chi connectivity index (χ4n) is 1.85. The van der Waals surface area contributed by atoms with E-state index in [1.807, 2.05) is 31.3 Å². The molecule has 0 radical (unpaired) electrons. The standard InChI is InChI=1S/C15H19N3O2S/c1-3-21(19,20)17-15-10-9-14(11-16-15)18(2)12-13-7-5-4-6-8-13/h4-11H,3,12H2,1-2H3,(H,16,17). The molecule has 0 spiro atoms. The van der Waals surface area contributed by atoms with Crippen molar-refractivity contribution in [1.82, 2.24) is 4.98 Å². The molecule has 1 heterocycles. The summed E-state index contributed by atoms with van der Waals surface area (Å²) in [7, 11) is -1.31. The van der Waals surface area contributed by atoms with Gasteiger partial charge in [-0.3, -0.25) is 4.72 Å². The summed E-state index contributed by atoms with van der Waals surface area (Å²) < 4.78 is 25.4. The quantitative estimate of drug-likeness (QED) is 0.890. The number of nitrogens with one attached hydrogen (secondary N) is 1. The highest BCUT2D eigenvalue weighted by Gasteiger charge is 2.08. The van der Waals surface area contributed by atoms with Crippen LogP contribution in [0, 0.1) is 0 Å². The van der Waals surface area contributed by atoms with Gasteiger partial charge < -0.3 is 4.90 Å².